The lowest BCUT2D eigenvalue weighted by Crippen LogP contribution is -1.97. The third-order valence-electron chi connectivity index (χ3n) is 2.64. The van der Waals surface area contributed by atoms with E-state index in [4.69, 9.17) is 17.5 Å². The minimum absolute atomic E-state index is 0.249. The summed E-state index contributed by atoms with van der Waals surface area (Å²) in [6.07, 6.45) is 0. The van der Waals surface area contributed by atoms with Gasteiger partial charge in [-0.15, -0.1) is 0 Å². The molecule has 2 aromatic rings. The lowest BCUT2D eigenvalue weighted by atomic mass is 10.1. The van der Waals surface area contributed by atoms with Gasteiger partial charge >= 0.3 is 0 Å². The molecule has 0 radical (unpaired) electrons. The fraction of sp³-hybridized carbons (Fsp3) is 0.154. The minimum Gasteiger partial charge on any atom is -0.347 e. The average molecular weight is 259 g/mol. The fourth-order valence-corrected chi connectivity index (χ4v) is 1.93. The molecule has 0 atom stereocenters. The van der Waals surface area contributed by atoms with E-state index < -0.39 is 5.82 Å². The van der Waals surface area contributed by atoms with Crippen LogP contribution in [-0.4, -0.2) is 9.97 Å². The molecule has 2 rings (SSSR count). The van der Waals surface area contributed by atoms with Crippen molar-refractivity contribution in [2.75, 3.05) is 0 Å². The maximum Gasteiger partial charge on any atom is 0.130 e. The van der Waals surface area contributed by atoms with Crippen molar-refractivity contribution in [2.45, 2.75) is 13.8 Å². The number of hydrogen-bond donors (Lipinski definition) is 1. The Balaban J connectivity index is 2.70. The number of halogens is 1. The van der Waals surface area contributed by atoms with Crippen molar-refractivity contribution in [2.24, 2.45) is 0 Å². The number of nitriles is 1. The van der Waals surface area contributed by atoms with E-state index in [0.29, 0.717) is 15.9 Å². The Kier molecular flexibility index (Phi) is 3.21. The quantitative estimate of drug-likeness (QED) is 0.798. The molecule has 0 fully saturated rings. The summed E-state index contributed by atoms with van der Waals surface area (Å²) in [5.74, 6) is -0.474. The highest BCUT2D eigenvalue weighted by molar-refractivity contribution is 7.71. The van der Waals surface area contributed by atoms with Crippen LogP contribution in [0.4, 0.5) is 4.39 Å². The molecule has 0 aliphatic heterocycles. The monoisotopic (exact) mass is 259 g/mol. The predicted molar refractivity (Wildman–Crippen MR) is 69.0 cm³/mol. The molecule has 1 N–H and O–H groups in total. The van der Waals surface area contributed by atoms with E-state index in [0.717, 1.165) is 11.4 Å². The molecular weight excluding hydrogens is 249 g/mol. The zero-order chi connectivity index (χ0) is 13.3. The number of hydrogen-bond acceptors (Lipinski definition) is 3. The van der Waals surface area contributed by atoms with Crippen LogP contribution in [0.2, 0.25) is 0 Å². The Morgan fingerprint density at radius 3 is 2.72 bits per heavy atom. The van der Waals surface area contributed by atoms with Crippen LogP contribution in [0.3, 0.4) is 0 Å². The first-order chi connectivity index (χ1) is 8.51. The summed E-state index contributed by atoms with van der Waals surface area (Å²) in [7, 11) is 0. The van der Waals surface area contributed by atoms with Crippen LogP contribution in [0.1, 0.15) is 17.0 Å². The molecule has 5 heteroatoms. The second-order valence-electron chi connectivity index (χ2n) is 3.97. The van der Waals surface area contributed by atoms with Gasteiger partial charge in [-0.3, -0.25) is 0 Å². The van der Waals surface area contributed by atoms with E-state index in [1.54, 1.807) is 6.07 Å². The van der Waals surface area contributed by atoms with Crippen LogP contribution < -0.4 is 0 Å². The van der Waals surface area contributed by atoms with Gasteiger partial charge in [0.1, 0.15) is 16.2 Å². The highest BCUT2D eigenvalue weighted by atomic mass is 32.1. The Morgan fingerprint density at radius 1 is 1.33 bits per heavy atom. The van der Waals surface area contributed by atoms with Gasteiger partial charge in [-0.2, -0.15) is 5.26 Å². The predicted octanol–water partition coefficient (Wildman–Crippen LogP) is 3.43. The van der Waals surface area contributed by atoms with Crippen LogP contribution in [0.25, 0.3) is 11.3 Å². The van der Waals surface area contributed by atoms with Gasteiger partial charge < -0.3 is 4.98 Å². The molecule has 90 valence electrons. The van der Waals surface area contributed by atoms with Gasteiger partial charge in [-0.1, -0.05) is 12.2 Å². The number of nitrogens with zero attached hydrogens (tertiary/aromatic N) is 2. The summed E-state index contributed by atoms with van der Waals surface area (Å²) in [6.45, 7) is 3.71. The third-order valence-corrected chi connectivity index (χ3v) is 2.93. The molecule has 1 aromatic carbocycles. The molecule has 0 aliphatic carbocycles. The average Bonchev–Trinajstić information content (AvgIpc) is 2.33. The van der Waals surface area contributed by atoms with Crippen molar-refractivity contribution in [3.8, 4) is 17.3 Å². The SMILES string of the molecule is Cc1nc(-c2cc(F)cc(C#N)c2)c(=S)[nH]c1C. The van der Waals surface area contributed by atoms with Crippen molar-refractivity contribution in [1.29, 1.82) is 5.26 Å². The van der Waals surface area contributed by atoms with Crippen molar-refractivity contribution < 1.29 is 4.39 Å². The molecule has 0 saturated carbocycles. The summed E-state index contributed by atoms with van der Waals surface area (Å²) in [5, 5.41) is 8.83. The zero-order valence-electron chi connectivity index (χ0n) is 9.91. The lowest BCUT2D eigenvalue weighted by Gasteiger charge is -2.06. The number of aromatic nitrogens is 2. The second-order valence-corrected chi connectivity index (χ2v) is 4.37. The summed E-state index contributed by atoms with van der Waals surface area (Å²) in [5.41, 5.74) is 2.92. The third kappa shape index (κ3) is 2.29. The Labute approximate surface area is 109 Å². The van der Waals surface area contributed by atoms with Crippen molar-refractivity contribution in [3.63, 3.8) is 0 Å². The fourth-order valence-electron chi connectivity index (χ4n) is 1.61. The Morgan fingerprint density at radius 2 is 2.06 bits per heavy atom. The number of aromatic amines is 1. The van der Waals surface area contributed by atoms with Gasteiger partial charge in [0.2, 0.25) is 0 Å². The first-order valence-electron chi connectivity index (χ1n) is 5.30. The topological polar surface area (TPSA) is 52.5 Å². The largest absolute Gasteiger partial charge is 0.347 e. The van der Waals surface area contributed by atoms with E-state index in [1.807, 2.05) is 19.9 Å². The smallest absolute Gasteiger partial charge is 0.130 e. The van der Waals surface area contributed by atoms with E-state index in [1.165, 1.54) is 12.1 Å². The molecule has 0 unspecified atom stereocenters. The molecule has 0 bridgehead atoms. The van der Waals surface area contributed by atoms with Crippen LogP contribution in [0.15, 0.2) is 18.2 Å². The molecule has 1 heterocycles. The first-order valence-corrected chi connectivity index (χ1v) is 5.70. The number of nitrogens with one attached hydrogen (secondary N) is 1. The van der Waals surface area contributed by atoms with E-state index in [9.17, 15) is 4.39 Å². The number of benzene rings is 1. The van der Waals surface area contributed by atoms with Gasteiger partial charge in [0, 0.05) is 11.3 Å². The molecule has 0 amide bonds. The molecule has 0 aliphatic rings. The van der Waals surface area contributed by atoms with E-state index in [2.05, 4.69) is 9.97 Å². The molecular formula is C13H10FN3S. The molecule has 0 saturated heterocycles. The number of rotatable bonds is 1. The van der Waals surface area contributed by atoms with Crippen molar-refractivity contribution >= 4 is 12.2 Å². The summed E-state index contributed by atoms with van der Waals surface area (Å²) in [4.78, 5) is 7.36. The zero-order valence-corrected chi connectivity index (χ0v) is 10.7. The summed E-state index contributed by atoms with van der Waals surface area (Å²) in [6, 6.07) is 5.98. The maximum atomic E-state index is 13.4. The lowest BCUT2D eigenvalue weighted by molar-refractivity contribution is 0.627. The minimum atomic E-state index is -0.474. The van der Waals surface area contributed by atoms with E-state index >= 15 is 0 Å². The highest BCUT2D eigenvalue weighted by Gasteiger charge is 2.08. The molecule has 0 spiro atoms. The van der Waals surface area contributed by atoms with Crippen molar-refractivity contribution in [1.82, 2.24) is 9.97 Å². The van der Waals surface area contributed by atoms with Crippen LogP contribution in [0, 0.1) is 35.6 Å². The number of aryl methyl sites for hydroxylation is 2. The summed E-state index contributed by atoms with van der Waals surface area (Å²) >= 11 is 5.18. The van der Waals surface area contributed by atoms with E-state index in [-0.39, 0.29) is 5.56 Å². The van der Waals surface area contributed by atoms with Crippen LogP contribution in [0.5, 0.6) is 0 Å². The highest BCUT2D eigenvalue weighted by Crippen LogP contribution is 2.21. The molecule has 1 aromatic heterocycles. The van der Waals surface area contributed by atoms with Gasteiger partial charge in [0.15, 0.2) is 0 Å². The van der Waals surface area contributed by atoms with Crippen LogP contribution >= 0.6 is 12.2 Å². The Bertz CT molecular complexity index is 713. The molecule has 18 heavy (non-hydrogen) atoms. The van der Waals surface area contributed by atoms with Crippen molar-refractivity contribution in [3.05, 3.63) is 45.6 Å². The van der Waals surface area contributed by atoms with Gasteiger partial charge in [-0.05, 0) is 32.0 Å². The maximum absolute atomic E-state index is 13.4. The van der Waals surface area contributed by atoms with Gasteiger partial charge in [-0.25, -0.2) is 9.37 Å². The van der Waals surface area contributed by atoms with Crippen LogP contribution in [-0.2, 0) is 0 Å². The second kappa shape index (κ2) is 4.67. The van der Waals surface area contributed by atoms with Gasteiger partial charge in [0.25, 0.3) is 0 Å². The summed E-state index contributed by atoms with van der Waals surface area (Å²) < 4.78 is 13.8. The Hall–Kier alpha value is -2.06. The first kappa shape index (κ1) is 12.4. The normalized spacial score (nSPS) is 10.1. The van der Waals surface area contributed by atoms with Gasteiger partial charge in [0.05, 0.1) is 17.3 Å². The number of H-pyrrole nitrogens is 1. The standard InChI is InChI=1S/C13H10FN3S/c1-7-8(2)17-13(18)12(16-7)10-3-9(6-15)4-11(14)5-10/h3-5H,1-2H3,(H,17,18). The molecule has 3 nitrogen and oxygen atoms in total.